The maximum absolute atomic E-state index is 11.2. The summed E-state index contributed by atoms with van der Waals surface area (Å²) >= 11 is 6.11. The molecule has 1 aromatic carbocycles. The third kappa shape index (κ3) is 2.94. The first-order valence-electron chi connectivity index (χ1n) is 6.15. The monoisotopic (exact) mass is 290 g/mol. The Balaban J connectivity index is 2.36. The number of methoxy groups -OCH3 is 1. The van der Waals surface area contributed by atoms with Crippen molar-refractivity contribution < 1.29 is 13.9 Å². The molecule has 0 aliphatic carbocycles. The topological polar surface area (TPSA) is 39.4 Å². The number of ether oxygens (including phenoxy) is 1. The Bertz CT molecular complexity index is 668. The van der Waals surface area contributed by atoms with Gasteiger partial charge in [0.25, 0.3) is 0 Å². The van der Waals surface area contributed by atoms with Gasteiger partial charge in [-0.05, 0) is 43.2 Å². The van der Waals surface area contributed by atoms with Gasteiger partial charge in [-0.1, -0.05) is 23.7 Å². The van der Waals surface area contributed by atoms with Crippen LogP contribution < -0.4 is 0 Å². The van der Waals surface area contributed by atoms with Gasteiger partial charge < -0.3 is 9.15 Å². The van der Waals surface area contributed by atoms with Gasteiger partial charge in [-0.2, -0.15) is 0 Å². The van der Waals surface area contributed by atoms with Crippen molar-refractivity contribution in [1.29, 1.82) is 0 Å². The van der Waals surface area contributed by atoms with Gasteiger partial charge in [-0.15, -0.1) is 0 Å². The molecule has 0 unspecified atom stereocenters. The highest BCUT2D eigenvalue weighted by molar-refractivity contribution is 6.31. The molecule has 0 saturated carbocycles. The Hall–Kier alpha value is -2.00. The van der Waals surface area contributed by atoms with Crippen LogP contribution in [0.3, 0.4) is 0 Å². The first kappa shape index (κ1) is 14.4. The largest absolute Gasteiger partial charge is 0.466 e. The number of allylic oxidation sites excluding steroid dienone is 1. The van der Waals surface area contributed by atoms with Gasteiger partial charge in [-0.3, -0.25) is 0 Å². The van der Waals surface area contributed by atoms with E-state index in [1.54, 1.807) is 6.92 Å². The maximum Gasteiger partial charge on any atom is 0.330 e. The minimum absolute atomic E-state index is 0.403. The average Bonchev–Trinajstić information content (AvgIpc) is 2.91. The van der Waals surface area contributed by atoms with Crippen LogP contribution in [0, 0.1) is 6.92 Å². The zero-order chi connectivity index (χ0) is 14.7. The highest BCUT2D eigenvalue weighted by atomic mass is 35.5. The molecule has 0 atom stereocenters. The fourth-order valence-corrected chi connectivity index (χ4v) is 2.05. The highest BCUT2D eigenvalue weighted by Crippen LogP contribution is 2.31. The van der Waals surface area contributed by atoms with E-state index in [-0.39, 0.29) is 0 Å². The lowest BCUT2D eigenvalue weighted by Gasteiger charge is -2.04. The molecular formula is C16H15ClO3. The molecule has 20 heavy (non-hydrogen) atoms. The number of rotatable bonds is 3. The first-order valence-corrected chi connectivity index (χ1v) is 6.52. The predicted molar refractivity (Wildman–Crippen MR) is 79.6 cm³/mol. The van der Waals surface area contributed by atoms with Crippen LogP contribution in [0.5, 0.6) is 0 Å². The highest BCUT2D eigenvalue weighted by Gasteiger charge is 2.11. The van der Waals surface area contributed by atoms with Crippen LogP contribution in [-0.4, -0.2) is 13.1 Å². The molecule has 2 rings (SSSR count). The van der Waals surface area contributed by atoms with E-state index in [1.165, 1.54) is 13.2 Å². The summed E-state index contributed by atoms with van der Waals surface area (Å²) in [7, 11) is 1.34. The van der Waals surface area contributed by atoms with E-state index in [0.717, 1.165) is 16.9 Å². The molecule has 0 fully saturated rings. The van der Waals surface area contributed by atoms with E-state index in [1.807, 2.05) is 37.3 Å². The molecule has 0 amide bonds. The molecule has 0 aliphatic heterocycles. The standard InChI is InChI=1S/C16H15ClO3/c1-10(9-16(18)19-3)14-7-8-15(20-14)12-5-4-6-13(17)11(12)2/h4-9H,1-3H3/b10-9+. The second-order valence-corrected chi connectivity index (χ2v) is 4.83. The number of halogens is 1. The van der Waals surface area contributed by atoms with Gasteiger partial charge in [-0.25, -0.2) is 4.79 Å². The quantitative estimate of drug-likeness (QED) is 0.618. The van der Waals surface area contributed by atoms with Crippen molar-refractivity contribution in [2.75, 3.05) is 7.11 Å². The van der Waals surface area contributed by atoms with Crippen LogP contribution in [0.1, 0.15) is 18.2 Å². The summed E-state index contributed by atoms with van der Waals surface area (Å²) in [5.74, 6) is 0.946. The zero-order valence-corrected chi connectivity index (χ0v) is 12.3. The van der Waals surface area contributed by atoms with Crippen LogP contribution in [0.4, 0.5) is 0 Å². The predicted octanol–water partition coefficient (Wildman–Crippen LogP) is 4.48. The lowest BCUT2D eigenvalue weighted by atomic mass is 10.1. The number of carbonyl (C=O) groups excluding carboxylic acids is 1. The van der Waals surface area contributed by atoms with E-state index >= 15 is 0 Å². The summed E-state index contributed by atoms with van der Waals surface area (Å²) in [5, 5.41) is 0.697. The van der Waals surface area contributed by atoms with Gasteiger partial charge in [0, 0.05) is 16.7 Å². The second kappa shape index (κ2) is 5.97. The molecule has 104 valence electrons. The molecule has 0 radical (unpaired) electrons. The third-order valence-electron chi connectivity index (χ3n) is 3.06. The van der Waals surface area contributed by atoms with Crippen molar-refractivity contribution >= 4 is 23.1 Å². The Kier molecular flexibility index (Phi) is 4.30. The fraction of sp³-hybridized carbons (Fsp3) is 0.188. The molecule has 3 nitrogen and oxygen atoms in total. The van der Waals surface area contributed by atoms with Crippen LogP contribution >= 0.6 is 11.6 Å². The number of carbonyl (C=O) groups is 1. The van der Waals surface area contributed by atoms with Crippen molar-refractivity contribution in [3.8, 4) is 11.3 Å². The summed E-state index contributed by atoms with van der Waals surface area (Å²) < 4.78 is 10.4. The van der Waals surface area contributed by atoms with E-state index in [4.69, 9.17) is 16.0 Å². The normalized spacial score (nSPS) is 11.5. The summed E-state index contributed by atoms with van der Waals surface area (Å²) in [4.78, 5) is 11.2. The van der Waals surface area contributed by atoms with Gasteiger partial charge in [0.05, 0.1) is 7.11 Å². The minimum atomic E-state index is -0.403. The lowest BCUT2D eigenvalue weighted by Crippen LogP contribution is -1.95. The molecule has 4 heteroatoms. The number of hydrogen-bond donors (Lipinski definition) is 0. The SMILES string of the molecule is COC(=O)/C=C(\C)c1ccc(-c2cccc(Cl)c2C)o1. The molecule has 0 saturated heterocycles. The molecule has 0 spiro atoms. The summed E-state index contributed by atoms with van der Waals surface area (Å²) in [6.07, 6.45) is 1.40. The number of furan rings is 1. The zero-order valence-electron chi connectivity index (χ0n) is 11.6. The van der Waals surface area contributed by atoms with Crippen LogP contribution in [0.2, 0.25) is 5.02 Å². The van der Waals surface area contributed by atoms with E-state index in [0.29, 0.717) is 16.4 Å². The Morgan fingerprint density at radius 3 is 2.75 bits per heavy atom. The Morgan fingerprint density at radius 1 is 1.30 bits per heavy atom. The molecule has 0 N–H and O–H groups in total. The van der Waals surface area contributed by atoms with Crippen molar-refractivity contribution in [2.45, 2.75) is 13.8 Å². The Labute approximate surface area is 122 Å². The van der Waals surface area contributed by atoms with Crippen molar-refractivity contribution in [3.05, 3.63) is 52.8 Å². The van der Waals surface area contributed by atoms with Gasteiger partial charge in [0.15, 0.2) is 0 Å². The molecular weight excluding hydrogens is 276 g/mol. The van der Waals surface area contributed by atoms with Crippen molar-refractivity contribution in [2.24, 2.45) is 0 Å². The van der Waals surface area contributed by atoms with Gasteiger partial charge in [0.1, 0.15) is 11.5 Å². The Morgan fingerprint density at radius 2 is 2.05 bits per heavy atom. The summed E-state index contributed by atoms with van der Waals surface area (Å²) in [5.41, 5.74) is 2.61. The summed E-state index contributed by atoms with van der Waals surface area (Å²) in [6.45, 7) is 3.74. The minimum Gasteiger partial charge on any atom is -0.466 e. The van der Waals surface area contributed by atoms with Crippen LogP contribution in [0.15, 0.2) is 40.8 Å². The van der Waals surface area contributed by atoms with Gasteiger partial charge in [0.2, 0.25) is 0 Å². The number of hydrogen-bond acceptors (Lipinski definition) is 3. The molecule has 1 heterocycles. The number of benzene rings is 1. The first-order chi connectivity index (χ1) is 9.52. The molecule has 2 aromatic rings. The van der Waals surface area contributed by atoms with E-state index < -0.39 is 5.97 Å². The number of esters is 1. The second-order valence-electron chi connectivity index (χ2n) is 4.43. The van der Waals surface area contributed by atoms with Crippen molar-refractivity contribution in [3.63, 3.8) is 0 Å². The third-order valence-corrected chi connectivity index (χ3v) is 3.47. The van der Waals surface area contributed by atoms with Crippen LogP contribution in [0.25, 0.3) is 16.9 Å². The maximum atomic E-state index is 11.2. The van der Waals surface area contributed by atoms with Crippen molar-refractivity contribution in [1.82, 2.24) is 0 Å². The molecule has 0 bridgehead atoms. The van der Waals surface area contributed by atoms with Gasteiger partial charge >= 0.3 is 5.97 Å². The molecule has 0 aliphatic rings. The fourth-order valence-electron chi connectivity index (χ4n) is 1.88. The molecule has 1 aromatic heterocycles. The van der Waals surface area contributed by atoms with Crippen LogP contribution in [-0.2, 0) is 9.53 Å². The van der Waals surface area contributed by atoms with E-state index in [2.05, 4.69) is 4.74 Å². The average molecular weight is 291 g/mol. The van der Waals surface area contributed by atoms with E-state index in [9.17, 15) is 4.79 Å². The summed E-state index contributed by atoms with van der Waals surface area (Å²) in [6, 6.07) is 9.35. The smallest absolute Gasteiger partial charge is 0.330 e. The lowest BCUT2D eigenvalue weighted by molar-refractivity contribution is -0.134.